The third-order valence-corrected chi connectivity index (χ3v) is 5.94. The standard InChI is InChI=1S/C16H20N4O5S/c1-24-11-14-18-19-16(25-14)17-15(21)12-5-7-13(8-6-12)26(22,23)20-9-3-2-4-10-20/h5-8H,2-4,9-11H2,1H3,(H,17,19,21). The summed E-state index contributed by atoms with van der Waals surface area (Å²) < 4.78 is 36.7. The molecule has 0 bridgehead atoms. The molecular formula is C16H20N4O5S. The second kappa shape index (κ2) is 7.94. The zero-order chi connectivity index (χ0) is 18.6. The number of nitrogens with zero attached hydrogens (tertiary/aromatic N) is 3. The van der Waals surface area contributed by atoms with Gasteiger partial charge in [0.15, 0.2) is 0 Å². The maximum atomic E-state index is 12.6. The van der Waals surface area contributed by atoms with Crippen molar-refractivity contribution in [1.29, 1.82) is 0 Å². The Balaban J connectivity index is 1.69. The molecule has 0 saturated carbocycles. The van der Waals surface area contributed by atoms with Crippen LogP contribution in [0.25, 0.3) is 0 Å². The lowest BCUT2D eigenvalue weighted by Crippen LogP contribution is -2.35. The number of nitrogens with one attached hydrogen (secondary N) is 1. The Kier molecular flexibility index (Phi) is 5.64. The van der Waals surface area contributed by atoms with Gasteiger partial charge in [0.1, 0.15) is 6.61 Å². The van der Waals surface area contributed by atoms with E-state index < -0.39 is 15.9 Å². The van der Waals surface area contributed by atoms with Gasteiger partial charge in [-0.3, -0.25) is 10.1 Å². The summed E-state index contributed by atoms with van der Waals surface area (Å²) in [6, 6.07) is 5.73. The van der Waals surface area contributed by atoms with Crippen molar-refractivity contribution in [2.45, 2.75) is 30.8 Å². The van der Waals surface area contributed by atoms with Crippen molar-refractivity contribution >= 4 is 21.9 Å². The first-order chi connectivity index (χ1) is 12.5. The Morgan fingerprint density at radius 2 is 1.88 bits per heavy atom. The molecule has 0 radical (unpaired) electrons. The monoisotopic (exact) mass is 380 g/mol. The van der Waals surface area contributed by atoms with Crippen molar-refractivity contribution in [3.8, 4) is 0 Å². The van der Waals surface area contributed by atoms with Crippen LogP contribution in [0.3, 0.4) is 0 Å². The normalized spacial score (nSPS) is 15.7. The van der Waals surface area contributed by atoms with E-state index in [9.17, 15) is 13.2 Å². The van der Waals surface area contributed by atoms with Crippen molar-refractivity contribution in [2.75, 3.05) is 25.5 Å². The topological polar surface area (TPSA) is 115 Å². The number of hydrogen-bond donors (Lipinski definition) is 1. The molecule has 0 spiro atoms. The smallest absolute Gasteiger partial charge is 0.322 e. The number of rotatable bonds is 6. The average Bonchev–Trinajstić information content (AvgIpc) is 3.10. The van der Waals surface area contributed by atoms with Gasteiger partial charge in [-0.1, -0.05) is 11.5 Å². The molecule has 10 heteroatoms. The molecule has 1 aliphatic rings. The van der Waals surface area contributed by atoms with Crippen molar-refractivity contribution in [2.24, 2.45) is 0 Å². The maximum absolute atomic E-state index is 12.6. The summed E-state index contributed by atoms with van der Waals surface area (Å²) in [4.78, 5) is 12.4. The summed E-state index contributed by atoms with van der Waals surface area (Å²) in [6.07, 6.45) is 2.79. The van der Waals surface area contributed by atoms with Crippen LogP contribution in [0.2, 0.25) is 0 Å². The number of aromatic nitrogens is 2. The molecule has 0 unspecified atom stereocenters. The van der Waals surface area contributed by atoms with E-state index in [1.807, 2.05) is 0 Å². The summed E-state index contributed by atoms with van der Waals surface area (Å²) in [5.41, 5.74) is 0.286. The number of anilines is 1. The van der Waals surface area contributed by atoms with Crippen LogP contribution in [0.15, 0.2) is 33.6 Å². The molecule has 3 rings (SSSR count). The minimum atomic E-state index is -3.52. The predicted octanol–water partition coefficient (Wildman–Crippen LogP) is 1.64. The summed E-state index contributed by atoms with van der Waals surface area (Å²) in [5, 5.41) is 9.86. The number of amides is 1. The zero-order valence-corrected chi connectivity index (χ0v) is 15.2. The molecule has 140 valence electrons. The number of piperidine rings is 1. The Morgan fingerprint density at radius 1 is 1.19 bits per heavy atom. The highest BCUT2D eigenvalue weighted by atomic mass is 32.2. The predicted molar refractivity (Wildman–Crippen MR) is 92.0 cm³/mol. The second-order valence-corrected chi connectivity index (χ2v) is 7.82. The van der Waals surface area contributed by atoms with Gasteiger partial charge in [0.05, 0.1) is 4.90 Å². The van der Waals surface area contributed by atoms with Crippen LogP contribution >= 0.6 is 0 Å². The Labute approximate surface area is 151 Å². The third-order valence-electron chi connectivity index (χ3n) is 4.02. The maximum Gasteiger partial charge on any atom is 0.322 e. The highest BCUT2D eigenvalue weighted by Gasteiger charge is 2.26. The van der Waals surface area contributed by atoms with Crippen LogP contribution < -0.4 is 5.32 Å². The van der Waals surface area contributed by atoms with Gasteiger partial charge >= 0.3 is 6.01 Å². The molecule has 9 nitrogen and oxygen atoms in total. The molecule has 1 fully saturated rings. The largest absolute Gasteiger partial charge is 0.405 e. The fourth-order valence-electron chi connectivity index (χ4n) is 2.69. The number of sulfonamides is 1. The van der Waals surface area contributed by atoms with E-state index in [4.69, 9.17) is 9.15 Å². The molecule has 2 aromatic rings. The first kappa shape index (κ1) is 18.5. The van der Waals surface area contributed by atoms with Crippen LogP contribution in [0.4, 0.5) is 6.01 Å². The van der Waals surface area contributed by atoms with Crippen molar-refractivity contribution < 1.29 is 22.4 Å². The van der Waals surface area contributed by atoms with Crippen LogP contribution in [0.5, 0.6) is 0 Å². The van der Waals surface area contributed by atoms with E-state index in [0.29, 0.717) is 13.1 Å². The van der Waals surface area contributed by atoms with Gasteiger partial charge in [-0.2, -0.15) is 4.31 Å². The minimum absolute atomic E-state index is 0.0490. The lowest BCUT2D eigenvalue weighted by atomic mass is 10.2. The van der Waals surface area contributed by atoms with Crippen molar-refractivity contribution in [1.82, 2.24) is 14.5 Å². The lowest BCUT2D eigenvalue weighted by Gasteiger charge is -2.25. The molecule has 1 saturated heterocycles. The van der Waals surface area contributed by atoms with Gasteiger partial charge < -0.3 is 9.15 Å². The summed E-state index contributed by atoms with van der Waals surface area (Å²) >= 11 is 0. The van der Waals surface area contributed by atoms with Gasteiger partial charge in [-0.05, 0) is 37.1 Å². The highest BCUT2D eigenvalue weighted by Crippen LogP contribution is 2.21. The molecule has 2 heterocycles. The fraction of sp³-hybridized carbons (Fsp3) is 0.438. The van der Waals surface area contributed by atoms with E-state index in [0.717, 1.165) is 19.3 Å². The average molecular weight is 380 g/mol. The first-order valence-corrected chi connectivity index (χ1v) is 9.67. The Bertz CT molecular complexity index is 857. The Hall–Kier alpha value is -2.30. The SMILES string of the molecule is COCc1nnc(NC(=O)c2ccc(S(=O)(=O)N3CCCCC3)cc2)o1. The van der Waals surface area contributed by atoms with Crippen LogP contribution in [0, 0.1) is 0 Å². The van der Waals surface area contributed by atoms with E-state index in [2.05, 4.69) is 15.5 Å². The minimum Gasteiger partial charge on any atom is -0.405 e. The molecule has 26 heavy (non-hydrogen) atoms. The highest BCUT2D eigenvalue weighted by molar-refractivity contribution is 7.89. The number of carbonyl (C=O) groups excluding carboxylic acids is 1. The molecule has 1 amide bonds. The van der Waals surface area contributed by atoms with Crippen LogP contribution in [0.1, 0.15) is 35.5 Å². The number of benzene rings is 1. The fourth-order valence-corrected chi connectivity index (χ4v) is 4.20. The van der Waals surface area contributed by atoms with Crippen LogP contribution in [-0.2, 0) is 21.4 Å². The summed E-state index contributed by atoms with van der Waals surface area (Å²) in [5.74, 6) is -0.231. The van der Waals surface area contributed by atoms with Crippen molar-refractivity contribution in [3.05, 3.63) is 35.7 Å². The van der Waals surface area contributed by atoms with Gasteiger partial charge in [-0.25, -0.2) is 8.42 Å². The lowest BCUT2D eigenvalue weighted by molar-refractivity contribution is 0.102. The van der Waals surface area contributed by atoms with Crippen molar-refractivity contribution in [3.63, 3.8) is 0 Å². The quantitative estimate of drug-likeness (QED) is 0.810. The first-order valence-electron chi connectivity index (χ1n) is 8.23. The number of methoxy groups -OCH3 is 1. The van der Waals surface area contributed by atoms with E-state index in [1.165, 1.54) is 35.7 Å². The number of carbonyl (C=O) groups is 1. The molecule has 0 aliphatic carbocycles. The molecule has 1 aliphatic heterocycles. The van der Waals surface area contributed by atoms with Gasteiger partial charge in [-0.15, -0.1) is 5.10 Å². The third kappa shape index (κ3) is 4.09. The number of ether oxygens (including phenoxy) is 1. The van der Waals surface area contributed by atoms with Crippen LogP contribution in [-0.4, -0.2) is 49.0 Å². The van der Waals surface area contributed by atoms with Gasteiger partial charge in [0, 0.05) is 25.8 Å². The molecule has 1 aromatic heterocycles. The van der Waals surface area contributed by atoms with E-state index in [-0.39, 0.29) is 29.0 Å². The Morgan fingerprint density at radius 3 is 2.54 bits per heavy atom. The summed E-state index contributed by atoms with van der Waals surface area (Å²) in [7, 11) is -2.03. The van der Waals surface area contributed by atoms with E-state index in [1.54, 1.807) is 0 Å². The van der Waals surface area contributed by atoms with E-state index >= 15 is 0 Å². The molecule has 1 N–H and O–H groups in total. The number of hydrogen-bond acceptors (Lipinski definition) is 7. The summed E-state index contributed by atoms with van der Waals surface area (Å²) in [6.45, 7) is 1.21. The second-order valence-electron chi connectivity index (χ2n) is 5.88. The van der Waals surface area contributed by atoms with Gasteiger partial charge in [0.25, 0.3) is 5.91 Å². The zero-order valence-electron chi connectivity index (χ0n) is 14.3. The molecular weight excluding hydrogens is 360 g/mol. The van der Waals surface area contributed by atoms with Gasteiger partial charge in [0.2, 0.25) is 15.9 Å². The molecule has 0 atom stereocenters. The molecule has 1 aromatic carbocycles.